The van der Waals surface area contributed by atoms with E-state index in [1.807, 2.05) is 48.5 Å². The van der Waals surface area contributed by atoms with E-state index >= 15 is 0 Å². The molecule has 0 saturated carbocycles. The van der Waals surface area contributed by atoms with E-state index in [1.54, 1.807) is 29.6 Å². The number of hydrogen-bond donors (Lipinski definition) is 1. The van der Waals surface area contributed by atoms with E-state index in [9.17, 15) is 14.7 Å². The molecule has 3 aromatic rings. The number of Topliss-reactive ketones (excluding diaryl/α,β-unsaturated/α-hetero) is 1. The Morgan fingerprint density at radius 1 is 0.923 bits per heavy atom. The van der Waals surface area contributed by atoms with E-state index in [0.29, 0.717) is 10.6 Å². The Balaban J connectivity index is 1.88. The molecule has 4 rings (SSSR count). The first-order valence-electron chi connectivity index (χ1n) is 8.13. The third-order valence-electron chi connectivity index (χ3n) is 4.35. The van der Waals surface area contributed by atoms with Crippen molar-refractivity contribution in [2.75, 3.05) is 4.90 Å². The van der Waals surface area contributed by atoms with Crippen molar-refractivity contribution < 1.29 is 14.7 Å². The number of amides is 1. The van der Waals surface area contributed by atoms with Crippen LogP contribution in [0.15, 0.2) is 89.5 Å². The summed E-state index contributed by atoms with van der Waals surface area (Å²) in [7, 11) is 0. The Hall–Kier alpha value is -3.18. The van der Waals surface area contributed by atoms with Gasteiger partial charge in [0.05, 0.1) is 16.5 Å². The number of aliphatic hydroxyl groups excluding tert-OH is 1. The fraction of sp³-hybridized carbons (Fsp3) is 0.0476. The fourth-order valence-corrected chi connectivity index (χ4v) is 3.86. The SMILES string of the molecule is O=C(C1=C(O)C(=O)N(c2ccccc2)[C@@H]1c1ccccc1)c1cccs1. The van der Waals surface area contributed by atoms with Crippen LogP contribution in [0.5, 0.6) is 0 Å². The van der Waals surface area contributed by atoms with Crippen molar-refractivity contribution in [3.05, 3.63) is 99.9 Å². The third-order valence-corrected chi connectivity index (χ3v) is 5.22. The number of carbonyl (C=O) groups excluding carboxylic acids is 2. The van der Waals surface area contributed by atoms with Gasteiger partial charge in [0, 0.05) is 5.69 Å². The molecular formula is C21H15NO3S. The van der Waals surface area contributed by atoms with E-state index < -0.39 is 17.7 Å². The Morgan fingerprint density at radius 2 is 1.58 bits per heavy atom. The zero-order valence-electron chi connectivity index (χ0n) is 13.7. The molecule has 26 heavy (non-hydrogen) atoms. The molecule has 1 amide bonds. The second kappa shape index (κ2) is 6.61. The number of carbonyl (C=O) groups is 2. The third kappa shape index (κ3) is 2.62. The molecular weight excluding hydrogens is 346 g/mol. The van der Waals surface area contributed by atoms with Crippen molar-refractivity contribution >= 4 is 28.7 Å². The maximum atomic E-state index is 13.0. The van der Waals surface area contributed by atoms with Crippen LogP contribution in [-0.2, 0) is 4.79 Å². The monoisotopic (exact) mass is 361 g/mol. The number of benzene rings is 2. The number of para-hydroxylation sites is 1. The van der Waals surface area contributed by atoms with Crippen molar-refractivity contribution in [2.45, 2.75) is 6.04 Å². The normalized spacial score (nSPS) is 17.0. The molecule has 1 aromatic heterocycles. The van der Waals surface area contributed by atoms with Gasteiger partial charge >= 0.3 is 0 Å². The van der Waals surface area contributed by atoms with Crippen molar-refractivity contribution in [1.29, 1.82) is 0 Å². The topological polar surface area (TPSA) is 57.6 Å². The van der Waals surface area contributed by atoms with Crippen molar-refractivity contribution in [2.24, 2.45) is 0 Å². The van der Waals surface area contributed by atoms with Gasteiger partial charge in [-0.1, -0.05) is 54.6 Å². The second-order valence-corrected chi connectivity index (χ2v) is 6.84. The van der Waals surface area contributed by atoms with Crippen LogP contribution in [-0.4, -0.2) is 16.8 Å². The molecule has 1 atom stereocenters. The average molecular weight is 361 g/mol. The van der Waals surface area contributed by atoms with E-state index in [2.05, 4.69) is 0 Å². The lowest BCUT2D eigenvalue weighted by Crippen LogP contribution is -2.30. The summed E-state index contributed by atoms with van der Waals surface area (Å²) < 4.78 is 0. The molecule has 5 heteroatoms. The molecule has 0 spiro atoms. The first kappa shape index (κ1) is 16.3. The number of rotatable bonds is 4. The average Bonchev–Trinajstić information content (AvgIpc) is 3.31. The van der Waals surface area contributed by atoms with Crippen LogP contribution in [0.25, 0.3) is 0 Å². The zero-order valence-corrected chi connectivity index (χ0v) is 14.5. The maximum absolute atomic E-state index is 13.0. The highest BCUT2D eigenvalue weighted by molar-refractivity contribution is 7.12. The quantitative estimate of drug-likeness (QED) is 0.695. The van der Waals surface area contributed by atoms with Crippen molar-refractivity contribution in [3.8, 4) is 0 Å². The molecule has 1 aliphatic heterocycles. The van der Waals surface area contributed by atoms with Gasteiger partial charge in [0.2, 0.25) is 5.78 Å². The molecule has 0 saturated heterocycles. The summed E-state index contributed by atoms with van der Waals surface area (Å²) in [5.41, 5.74) is 1.52. The first-order chi connectivity index (χ1) is 12.7. The highest BCUT2D eigenvalue weighted by Crippen LogP contribution is 2.42. The fourth-order valence-electron chi connectivity index (χ4n) is 3.18. The number of nitrogens with zero attached hydrogens (tertiary/aromatic N) is 1. The van der Waals surface area contributed by atoms with Gasteiger partial charge in [-0.15, -0.1) is 11.3 Å². The minimum atomic E-state index is -0.666. The summed E-state index contributed by atoms with van der Waals surface area (Å²) in [5.74, 6) is -1.37. The van der Waals surface area contributed by atoms with Gasteiger partial charge in [0.25, 0.3) is 5.91 Å². The zero-order chi connectivity index (χ0) is 18.1. The molecule has 4 nitrogen and oxygen atoms in total. The van der Waals surface area contributed by atoms with Crippen LogP contribution < -0.4 is 4.90 Å². The van der Waals surface area contributed by atoms with Gasteiger partial charge in [-0.2, -0.15) is 0 Å². The van der Waals surface area contributed by atoms with Crippen LogP contribution in [0.2, 0.25) is 0 Å². The predicted molar refractivity (Wildman–Crippen MR) is 101 cm³/mol. The lowest BCUT2D eigenvalue weighted by molar-refractivity contribution is -0.117. The summed E-state index contributed by atoms with van der Waals surface area (Å²) >= 11 is 1.29. The van der Waals surface area contributed by atoms with Crippen LogP contribution in [0.3, 0.4) is 0 Å². The molecule has 2 heterocycles. The van der Waals surface area contributed by atoms with Gasteiger partial charge in [-0.25, -0.2) is 0 Å². The summed E-state index contributed by atoms with van der Waals surface area (Å²) in [6, 6.07) is 21.2. The Bertz CT molecular complexity index is 979. The standard InChI is InChI=1S/C21H15NO3S/c23-19(16-12-7-13-26-16)17-18(14-8-3-1-4-9-14)22(21(25)20(17)24)15-10-5-2-6-11-15/h1-13,18,24H/t18-/m1/s1. The van der Waals surface area contributed by atoms with Gasteiger partial charge in [0.1, 0.15) is 0 Å². The number of aliphatic hydroxyl groups is 1. The minimum absolute atomic E-state index is 0.118. The minimum Gasteiger partial charge on any atom is -0.503 e. The van der Waals surface area contributed by atoms with Crippen LogP contribution >= 0.6 is 11.3 Å². The largest absolute Gasteiger partial charge is 0.503 e. The van der Waals surface area contributed by atoms with E-state index in [1.165, 1.54) is 16.2 Å². The van der Waals surface area contributed by atoms with Crippen molar-refractivity contribution in [3.63, 3.8) is 0 Å². The van der Waals surface area contributed by atoms with Gasteiger partial charge < -0.3 is 5.11 Å². The predicted octanol–water partition coefficient (Wildman–Crippen LogP) is 4.53. The Kier molecular flexibility index (Phi) is 4.14. The molecule has 1 aliphatic rings. The molecule has 1 N–H and O–H groups in total. The summed E-state index contributed by atoms with van der Waals surface area (Å²) in [4.78, 5) is 27.9. The highest BCUT2D eigenvalue weighted by atomic mass is 32.1. The molecule has 0 fully saturated rings. The van der Waals surface area contributed by atoms with Gasteiger partial charge in [-0.3, -0.25) is 14.5 Å². The van der Waals surface area contributed by atoms with E-state index in [4.69, 9.17) is 0 Å². The second-order valence-electron chi connectivity index (χ2n) is 5.89. The first-order valence-corrected chi connectivity index (χ1v) is 9.01. The molecule has 0 unspecified atom stereocenters. The molecule has 0 radical (unpaired) electrons. The van der Waals surface area contributed by atoms with Gasteiger partial charge in [0.15, 0.2) is 5.76 Å². The Labute approximate surface area is 154 Å². The Morgan fingerprint density at radius 3 is 2.19 bits per heavy atom. The smallest absolute Gasteiger partial charge is 0.294 e. The molecule has 0 aliphatic carbocycles. The van der Waals surface area contributed by atoms with Gasteiger partial charge in [-0.05, 0) is 29.1 Å². The maximum Gasteiger partial charge on any atom is 0.294 e. The number of thiophene rings is 1. The lowest BCUT2D eigenvalue weighted by Gasteiger charge is -2.26. The summed E-state index contributed by atoms with van der Waals surface area (Å²) in [6.07, 6.45) is 0. The van der Waals surface area contributed by atoms with E-state index in [0.717, 1.165) is 5.56 Å². The molecule has 2 aromatic carbocycles. The number of ketones is 1. The summed E-state index contributed by atoms with van der Waals surface area (Å²) in [5, 5.41) is 12.4. The number of anilines is 1. The van der Waals surface area contributed by atoms with Crippen LogP contribution in [0.4, 0.5) is 5.69 Å². The van der Waals surface area contributed by atoms with E-state index in [-0.39, 0.29) is 11.4 Å². The molecule has 128 valence electrons. The lowest BCUT2D eigenvalue weighted by atomic mass is 9.95. The van der Waals surface area contributed by atoms with Crippen molar-refractivity contribution in [1.82, 2.24) is 0 Å². The van der Waals surface area contributed by atoms with Crippen LogP contribution in [0.1, 0.15) is 21.3 Å². The summed E-state index contributed by atoms with van der Waals surface area (Å²) in [6.45, 7) is 0. The number of hydrogen-bond acceptors (Lipinski definition) is 4. The highest BCUT2D eigenvalue weighted by Gasteiger charge is 2.44. The van der Waals surface area contributed by atoms with Crippen LogP contribution in [0, 0.1) is 0 Å². The molecule has 0 bridgehead atoms.